The summed E-state index contributed by atoms with van der Waals surface area (Å²) in [4.78, 5) is 11.9. The van der Waals surface area contributed by atoms with Crippen LogP contribution in [0.4, 0.5) is 0 Å². The summed E-state index contributed by atoms with van der Waals surface area (Å²) < 4.78 is 0. The summed E-state index contributed by atoms with van der Waals surface area (Å²) in [5.41, 5.74) is 6.28. The quantitative estimate of drug-likeness (QED) is 0.891. The van der Waals surface area contributed by atoms with Gasteiger partial charge in [-0.1, -0.05) is 30.2 Å². The average Bonchev–Trinajstić information content (AvgIpc) is 2.28. The van der Waals surface area contributed by atoms with Crippen LogP contribution >= 0.6 is 11.6 Å². The van der Waals surface area contributed by atoms with E-state index in [0.717, 1.165) is 17.9 Å². The summed E-state index contributed by atoms with van der Waals surface area (Å²) >= 11 is 5.92. The summed E-state index contributed by atoms with van der Waals surface area (Å²) in [5, 5.41) is 3.72. The number of benzene rings is 1. The Balaban J connectivity index is 2.07. The third-order valence-electron chi connectivity index (χ3n) is 3.94. The Morgan fingerprint density at radius 3 is 2.37 bits per heavy atom. The van der Waals surface area contributed by atoms with E-state index in [1.807, 2.05) is 12.1 Å². The van der Waals surface area contributed by atoms with Crippen molar-refractivity contribution in [3.63, 3.8) is 0 Å². The third kappa shape index (κ3) is 3.10. The lowest BCUT2D eigenvalue weighted by atomic mass is 9.64. The van der Waals surface area contributed by atoms with Gasteiger partial charge in [0, 0.05) is 17.0 Å². The van der Waals surface area contributed by atoms with E-state index in [1.54, 1.807) is 13.8 Å². The van der Waals surface area contributed by atoms with Crippen LogP contribution in [-0.4, -0.2) is 18.0 Å². The average molecular weight is 281 g/mol. The predicted molar refractivity (Wildman–Crippen MR) is 78.3 cm³/mol. The maximum absolute atomic E-state index is 11.9. The van der Waals surface area contributed by atoms with Gasteiger partial charge in [-0.3, -0.25) is 4.79 Å². The first-order valence-electron chi connectivity index (χ1n) is 6.67. The minimum absolute atomic E-state index is 0.0610. The molecule has 1 aliphatic rings. The smallest absolute Gasteiger partial charge is 0.239 e. The van der Waals surface area contributed by atoms with E-state index >= 15 is 0 Å². The van der Waals surface area contributed by atoms with Crippen molar-refractivity contribution in [1.29, 1.82) is 0 Å². The van der Waals surface area contributed by atoms with Gasteiger partial charge in [0.1, 0.15) is 0 Å². The summed E-state index contributed by atoms with van der Waals surface area (Å²) in [6, 6.07) is 7.93. The SMILES string of the molecule is CC(C)(N)C(=O)NCC1(c2ccc(Cl)cc2)CCC1. The molecule has 0 aromatic heterocycles. The lowest BCUT2D eigenvalue weighted by molar-refractivity contribution is -0.125. The minimum atomic E-state index is -0.828. The van der Waals surface area contributed by atoms with Gasteiger partial charge in [-0.05, 0) is 44.4 Å². The Bertz CT molecular complexity index is 458. The highest BCUT2D eigenvalue weighted by Gasteiger charge is 2.39. The van der Waals surface area contributed by atoms with Crippen molar-refractivity contribution in [2.75, 3.05) is 6.54 Å². The molecule has 1 aliphatic carbocycles. The van der Waals surface area contributed by atoms with Gasteiger partial charge in [0.2, 0.25) is 5.91 Å². The van der Waals surface area contributed by atoms with E-state index in [2.05, 4.69) is 17.4 Å². The first-order chi connectivity index (χ1) is 8.83. The number of hydrogen-bond donors (Lipinski definition) is 2. The van der Waals surface area contributed by atoms with Gasteiger partial charge in [0.25, 0.3) is 0 Å². The zero-order valence-corrected chi connectivity index (χ0v) is 12.3. The van der Waals surface area contributed by atoms with Crippen LogP contribution in [0.5, 0.6) is 0 Å². The minimum Gasteiger partial charge on any atom is -0.354 e. The van der Waals surface area contributed by atoms with Gasteiger partial charge >= 0.3 is 0 Å². The molecule has 0 bridgehead atoms. The summed E-state index contributed by atoms with van der Waals surface area (Å²) in [5.74, 6) is -0.104. The Morgan fingerprint density at radius 2 is 1.95 bits per heavy atom. The lowest BCUT2D eigenvalue weighted by Crippen LogP contribution is -2.53. The molecule has 0 saturated heterocycles. The fourth-order valence-corrected chi connectivity index (χ4v) is 2.58. The number of rotatable bonds is 4. The van der Waals surface area contributed by atoms with Crippen molar-refractivity contribution in [3.05, 3.63) is 34.9 Å². The first-order valence-corrected chi connectivity index (χ1v) is 7.05. The Kier molecular flexibility index (Phi) is 3.88. The highest BCUT2D eigenvalue weighted by molar-refractivity contribution is 6.30. The molecule has 1 aromatic rings. The van der Waals surface area contributed by atoms with Crippen molar-refractivity contribution in [2.45, 2.75) is 44.1 Å². The molecule has 0 atom stereocenters. The summed E-state index contributed by atoms with van der Waals surface area (Å²) in [7, 11) is 0. The molecule has 0 unspecified atom stereocenters. The molecule has 0 radical (unpaired) electrons. The molecule has 2 rings (SSSR count). The monoisotopic (exact) mass is 280 g/mol. The van der Waals surface area contributed by atoms with E-state index in [-0.39, 0.29) is 11.3 Å². The zero-order valence-electron chi connectivity index (χ0n) is 11.5. The molecule has 1 aromatic carbocycles. The molecule has 19 heavy (non-hydrogen) atoms. The number of halogens is 1. The van der Waals surface area contributed by atoms with Crippen LogP contribution in [0.15, 0.2) is 24.3 Å². The maximum atomic E-state index is 11.9. The number of carbonyl (C=O) groups excluding carboxylic acids is 1. The standard InChI is InChI=1S/C15H21ClN2O/c1-14(2,17)13(19)18-10-15(8-3-9-15)11-4-6-12(16)7-5-11/h4-7H,3,8-10,17H2,1-2H3,(H,18,19). The topological polar surface area (TPSA) is 55.1 Å². The molecular weight excluding hydrogens is 260 g/mol. The number of nitrogens with one attached hydrogen (secondary N) is 1. The van der Waals surface area contributed by atoms with Gasteiger partial charge in [-0.2, -0.15) is 0 Å². The molecule has 1 amide bonds. The van der Waals surface area contributed by atoms with Gasteiger partial charge in [-0.25, -0.2) is 0 Å². The van der Waals surface area contributed by atoms with E-state index in [1.165, 1.54) is 12.0 Å². The predicted octanol–water partition coefficient (Wildman–Crippen LogP) is 2.62. The number of amides is 1. The molecule has 104 valence electrons. The molecule has 3 N–H and O–H groups in total. The van der Waals surface area contributed by atoms with E-state index in [4.69, 9.17) is 17.3 Å². The zero-order chi connectivity index (χ0) is 14.1. The van der Waals surface area contributed by atoms with Gasteiger partial charge in [0.15, 0.2) is 0 Å². The number of hydrogen-bond acceptors (Lipinski definition) is 2. The van der Waals surface area contributed by atoms with Crippen molar-refractivity contribution < 1.29 is 4.79 Å². The fraction of sp³-hybridized carbons (Fsp3) is 0.533. The molecule has 1 saturated carbocycles. The fourth-order valence-electron chi connectivity index (χ4n) is 2.45. The van der Waals surface area contributed by atoms with Crippen molar-refractivity contribution in [1.82, 2.24) is 5.32 Å². The van der Waals surface area contributed by atoms with Crippen LogP contribution in [0.3, 0.4) is 0 Å². The van der Waals surface area contributed by atoms with E-state index in [9.17, 15) is 4.79 Å². The Labute approximate surface area is 119 Å². The normalized spacial score (nSPS) is 17.7. The van der Waals surface area contributed by atoms with Gasteiger partial charge in [-0.15, -0.1) is 0 Å². The highest BCUT2D eigenvalue weighted by Crippen LogP contribution is 2.43. The van der Waals surface area contributed by atoms with Crippen LogP contribution in [0, 0.1) is 0 Å². The van der Waals surface area contributed by atoms with E-state index in [0.29, 0.717) is 6.54 Å². The number of nitrogens with two attached hydrogens (primary N) is 1. The number of carbonyl (C=O) groups is 1. The second-order valence-electron chi connectivity index (χ2n) is 6.05. The maximum Gasteiger partial charge on any atom is 0.239 e. The third-order valence-corrected chi connectivity index (χ3v) is 4.19. The van der Waals surface area contributed by atoms with Crippen LogP contribution in [0.25, 0.3) is 0 Å². The molecule has 0 heterocycles. The Morgan fingerprint density at radius 1 is 1.37 bits per heavy atom. The van der Waals surface area contributed by atoms with Gasteiger partial charge in [0.05, 0.1) is 5.54 Å². The van der Waals surface area contributed by atoms with Crippen molar-refractivity contribution >= 4 is 17.5 Å². The molecule has 1 fully saturated rings. The second kappa shape index (κ2) is 5.14. The Hall–Kier alpha value is -1.06. The van der Waals surface area contributed by atoms with E-state index < -0.39 is 5.54 Å². The van der Waals surface area contributed by atoms with Crippen LogP contribution in [0.2, 0.25) is 5.02 Å². The molecule has 0 spiro atoms. The highest BCUT2D eigenvalue weighted by atomic mass is 35.5. The van der Waals surface area contributed by atoms with Crippen molar-refractivity contribution in [3.8, 4) is 0 Å². The first kappa shape index (κ1) is 14.4. The van der Waals surface area contributed by atoms with Gasteiger partial charge < -0.3 is 11.1 Å². The largest absolute Gasteiger partial charge is 0.354 e. The summed E-state index contributed by atoms with van der Waals surface area (Å²) in [6.45, 7) is 4.09. The molecule has 3 nitrogen and oxygen atoms in total. The van der Waals surface area contributed by atoms with Crippen LogP contribution in [-0.2, 0) is 10.2 Å². The van der Waals surface area contributed by atoms with Crippen LogP contribution < -0.4 is 11.1 Å². The van der Waals surface area contributed by atoms with Crippen molar-refractivity contribution in [2.24, 2.45) is 5.73 Å². The molecular formula is C15H21ClN2O. The molecule has 0 aliphatic heterocycles. The lowest BCUT2D eigenvalue weighted by Gasteiger charge is -2.43. The molecule has 4 heteroatoms. The summed E-state index contributed by atoms with van der Waals surface area (Å²) in [6.07, 6.45) is 3.39. The van der Waals surface area contributed by atoms with Crippen LogP contribution in [0.1, 0.15) is 38.7 Å². The second-order valence-corrected chi connectivity index (χ2v) is 6.48.